The van der Waals surface area contributed by atoms with Gasteiger partial charge in [0.1, 0.15) is 0 Å². The molecular formula is C20H34O2S. The molecule has 4 fully saturated rings. The lowest BCUT2D eigenvalue weighted by Gasteiger charge is -2.44. The highest BCUT2D eigenvalue weighted by molar-refractivity contribution is 7.99. The molecule has 4 aliphatic rings. The maximum atomic E-state index is 10.7. The van der Waals surface area contributed by atoms with Crippen molar-refractivity contribution in [3.63, 3.8) is 0 Å². The van der Waals surface area contributed by atoms with Crippen LogP contribution in [0.3, 0.4) is 0 Å². The molecule has 6 atom stereocenters. The van der Waals surface area contributed by atoms with E-state index in [9.17, 15) is 10.2 Å². The molecule has 132 valence electrons. The summed E-state index contributed by atoms with van der Waals surface area (Å²) < 4.78 is 0. The minimum absolute atomic E-state index is 0.112. The molecule has 4 aliphatic carbocycles. The van der Waals surface area contributed by atoms with Crippen molar-refractivity contribution < 1.29 is 10.2 Å². The molecule has 23 heavy (non-hydrogen) atoms. The highest BCUT2D eigenvalue weighted by atomic mass is 32.2. The molecular weight excluding hydrogens is 304 g/mol. The average molecular weight is 339 g/mol. The molecule has 0 aliphatic heterocycles. The molecule has 2 N–H and O–H groups in total. The molecule has 0 aromatic heterocycles. The van der Waals surface area contributed by atoms with E-state index in [4.69, 9.17) is 0 Å². The van der Waals surface area contributed by atoms with Gasteiger partial charge >= 0.3 is 0 Å². The third kappa shape index (κ3) is 1.85. The maximum Gasteiger partial charge on any atom is 0.0612 e. The summed E-state index contributed by atoms with van der Waals surface area (Å²) >= 11 is 2.04. The number of fused-ring (bicyclic) bond motifs is 4. The van der Waals surface area contributed by atoms with Gasteiger partial charge in [-0.25, -0.2) is 0 Å². The highest BCUT2D eigenvalue weighted by Gasteiger charge is 2.65. The summed E-state index contributed by atoms with van der Waals surface area (Å²) in [4.78, 5) is 0. The van der Waals surface area contributed by atoms with Gasteiger partial charge in [-0.3, -0.25) is 0 Å². The van der Waals surface area contributed by atoms with E-state index in [2.05, 4.69) is 27.7 Å². The lowest BCUT2D eigenvalue weighted by molar-refractivity contribution is 0.0123. The minimum Gasteiger partial charge on any atom is -0.392 e. The third-order valence-corrected chi connectivity index (χ3v) is 10.9. The van der Waals surface area contributed by atoms with Crippen molar-refractivity contribution in [1.29, 1.82) is 0 Å². The van der Waals surface area contributed by atoms with Crippen LogP contribution in [0.15, 0.2) is 0 Å². The van der Waals surface area contributed by atoms with Crippen LogP contribution >= 0.6 is 11.8 Å². The van der Waals surface area contributed by atoms with Crippen molar-refractivity contribution in [3.8, 4) is 0 Å². The number of aliphatic hydroxyl groups is 2. The second-order valence-electron chi connectivity index (χ2n) is 10.2. The van der Waals surface area contributed by atoms with E-state index in [1.807, 2.05) is 11.8 Å². The lowest BCUT2D eigenvalue weighted by atomic mass is 9.69. The Kier molecular flexibility index (Phi) is 3.57. The molecule has 3 heteroatoms. The summed E-state index contributed by atoms with van der Waals surface area (Å²) in [5.74, 6) is 3.57. The van der Waals surface area contributed by atoms with Crippen LogP contribution in [0.2, 0.25) is 0 Å². The number of thioether (sulfide) groups is 1. The zero-order valence-electron chi connectivity index (χ0n) is 15.3. The van der Waals surface area contributed by atoms with E-state index in [1.165, 1.54) is 25.7 Å². The maximum absolute atomic E-state index is 10.7. The molecule has 0 aromatic rings. The summed E-state index contributed by atoms with van der Waals surface area (Å²) in [6.07, 6.45) is 6.78. The predicted molar refractivity (Wildman–Crippen MR) is 96.4 cm³/mol. The van der Waals surface area contributed by atoms with E-state index in [-0.39, 0.29) is 33.9 Å². The quantitative estimate of drug-likeness (QED) is 0.811. The smallest absolute Gasteiger partial charge is 0.0612 e. The molecule has 4 bridgehead atoms. The van der Waals surface area contributed by atoms with E-state index in [0.29, 0.717) is 11.8 Å². The molecule has 0 aromatic carbocycles. The number of aliphatic hydroxyl groups excluding tert-OH is 2. The highest BCUT2D eigenvalue weighted by Crippen LogP contribution is 2.69. The summed E-state index contributed by atoms with van der Waals surface area (Å²) in [5.41, 5.74) is 0.785. The van der Waals surface area contributed by atoms with Gasteiger partial charge in [-0.1, -0.05) is 27.7 Å². The Balaban J connectivity index is 1.48. The van der Waals surface area contributed by atoms with Gasteiger partial charge in [-0.15, -0.1) is 0 Å². The summed E-state index contributed by atoms with van der Waals surface area (Å²) in [5, 5.41) is 21.4. The molecule has 2 nitrogen and oxygen atoms in total. The van der Waals surface area contributed by atoms with Crippen LogP contribution in [0.1, 0.15) is 66.2 Å². The van der Waals surface area contributed by atoms with Crippen molar-refractivity contribution in [2.45, 2.75) is 78.4 Å². The first-order valence-electron chi connectivity index (χ1n) is 9.61. The van der Waals surface area contributed by atoms with Crippen molar-refractivity contribution in [1.82, 2.24) is 0 Å². The van der Waals surface area contributed by atoms with E-state index in [0.717, 1.165) is 24.3 Å². The Morgan fingerprint density at radius 1 is 0.783 bits per heavy atom. The summed E-state index contributed by atoms with van der Waals surface area (Å²) in [6, 6.07) is 0. The predicted octanol–water partition coefficient (Wildman–Crippen LogP) is 4.09. The molecule has 0 amide bonds. The van der Waals surface area contributed by atoms with Crippen LogP contribution in [0.4, 0.5) is 0 Å². The van der Waals surface area contributed by atoms with Crippen LogP contribution < -0.4 is 0 Å². The van der Waals surface area contributed by atoms with Crippen LogP contribution in [-0.4, -0.2) is 33.9 Å². The van der Waals surface area contributed by atoms with E-state index >= 15 is 0 Å². The third-order valence-electron chi connectivity index (χ3n) is 9.50. The Bertz CT molecular complexity index is 458. The fourth-order valence-electron chi connectivity index (χ4n) is 7.17. The van der Waals surface area contributed by atoms with Crippen molar-refractivity contribution in [2.75, 3.05) is 11.5 Å². The van der Waals surface area contributed by atoms with Gasteiger partial charge in [0.25, 0.3) is 0 Å². The molecule has 0 radical (unpaired) electrons. The van der Waals surface area contributed by atoms with Crippen LogP contribution in [0.5, 0.6) is 0 Å². The monoisotopic (exact) mass is 338 g/mol. The second-order valence-corrected chi connectivity index (χ2v) is 11.2. The first-order valence-corrected chi connectivity index (χ1v) is 10.8. The largest absolute Gasteiger partial charge is 0.392 e. The van der Waals surface area contributed by atoms with E-state index in [1.54, 1.807) is 0 Å². The Morgan fingerprint density at radius 2 is 1.17 bits per heavy atom. The van der Waals surface area contributed by atoms with E-state index < -0.39 is 0 Å². The van der Waals surface area contributed by atoms with Gasteiger partial charge in [-0.05, 0) is 61.2 Å². The number of rotatable bonds is 4. The van der Waals surface area contributed by atoms with Gasteiger partial charge in [0.05, 0.1) is 12.2 Å². The van der Waals surface area contributed by atoms with Gasteiger partial charge < -0.3 is 10.2 Å². The summed E-state index contributed by atoms with van der Waals surface area (Å²) in [6.45, 7) is 9.55. The Hall–Kier alpha value is 0.270. The van der Waals surface area contributed by atoms with Gasteiger partial charge in [0.2, 0.25) is 0 Å². The first kappa shape index (κ1) is 16.7. The molecule has 6 unspecified atom stereocenters. The first-order chi connectivity index (χ1) is 10.7. The van der Waals surface area contributed by atoms with Gasteiger partial charge in [0.15, 0.2) is 0 Å². The van der Waals surface area contributed by atoms with Crippen molar-refractivity contribution >= 4 is 11.8 Å². The molecule has 4 rings (SSSR count). The zero-order chi connectivity index (χ0) is 16.7. The molecule has 0 heterocycles. The lowest BCUT2D eigenvalue weighted by Crippen LogP contribution is -2.44. The van der Waals surface area contributed by atoms with Crippen LogP contribution in [-0.2, 0) is 0 Å². The Morgan fingerprint density at radius 3 is 1.43 bits per heavy atom. The van der Waals surface area contributed by atoms with Crippen LogP contribution in [0.25, 0.3) is 0 Å². The Labute approximate surface area is 145 Å². The van der Waals surface area contributed by atoms with Crippen molar-refractivity contribution in [2.24, 2.45) is 33.5 Å². The molecule has 4 saturated carbocycles. The number of hydrogen-bond donors (Lipinski definition) is 2. The zero-order valence-corrected chi connectivity index (χ0v) is 16.1. The minimum atomic E-state index is -0.112. The molecule has 0 spiro atoms. The summed E-state index contributed by atoms with van der Waals surface area (Å²) in [7, 11) is 0. The van der Waals surface area contributed by atoms with Crippen LogP contribution in [0, 0.1) is 33.5 Å². The fraction of sp³-hybridized carbons (Fsp3) is 1.00. The van der Waals surface area contributed by atoms with Crippen molar-refractivity contribution in [3.05, 3.63) is 0 Å². The van der Waals surface area contributed by atoms with Gasteiger partial charge in [-0.2, -0.15) is 11.8 Å². The van der Waals surface area contributed by atoms with Gasteiger partial charge in [0, 0.05) is 22.3 Å². The topological polar surface area (TPSA) is 40.5 Å². The average Bonchev–Trinajstić information content (AvgIpc) is 3.00. The SMILES string of the molecule is CC1(C)C2CCC1(CSCC13CCC(CC1O)C3(C)C)C(O)C2. The molecule has 0 saturated heterocycles. The second kappa shape index (κ2) is 4.92. The number of hydrogen-bond acceptors (Lipinski definition) is 3. The standard InChI is InChI=1S/C20H34O2S/c1-17(2)13-5-7-19(17,15(21)9-13)11-23-12-20-8-6-14(10-16(20)22)18(20,3)4/h13-16,21-22H,5-12H2,1-4H3. The normalized spacial score (nSPS) is 52.4. The fourth-order valence-corrected chi connectivity index (χ4v) is 9.42.